The van der Waals surface area contributed by atoms with Gasteiger partial charge in [0.15, 0.2) is 0 Å². The number of anilines is 2. The smallest absolute Gasteiger partial charge is 0.225 e. The molecule has 2 aromatic rings. The topological polar surface area (TPSA) is 80.9 Å². The number of amides is 1. The molecule has 0 saturated heterocycles. The second kappa shape index (κ2) is 5.77. The minimum atomic E-state index is -0.0657. The predicted molar refractivity (Wildman–Crippen MR) is 69.8 cm³/mol. The highest BCUT2D eigenvalue weighted by Gasteiger charge is 2.03. The van der Waals surface area contributed by atoms with Gasteiger partial charge in [-0.15, -0.1) is 0 Å². The molecule has 0 aliphatic heterocycles. The summed E-state index contributed by atoms with van der Waals surface area (Å²) in [6.07, 6.45) is 6.04. The number of aryl methyl sites for hydroxylation is 1. The average molecular weight is 242 g/mol. The zero-order valence-corrected chi connectivity index (χ0v) is 9.84. The number of pyridine rings is 2. The summed E-state index contributed by atoms with van der Waals surface area (Å²) in [5, 5.41) is 2.72. The number of carbonyl (C=O) groups is 1. The molecule has 2 aromatic heterocycles. The molecular weight excluding hydrogens is 228 g/mol. The van der Waals surface area contributed by atoms with Crippen molar-refractivity contribution in [2.75, 3.05) is 11.1 Å². The van der Waals surface area contributed by atoms with Gasteiger partial charge in [-0.05, 0) is 36.2 Å². The fourth-order valence-electron chi connectivity index (χ4n) is 1.49. The Bertz CT molecular complexity index is 510. The van der Waals surface area contributed by atoms with Crippen molar-refractivity contribution in [2.45, 2.75) is 12.8 Å². The lowest BCUT2D eigenvalue weighted by molar-refractivity contribution is -0.116. The molecule has 2 heterocycles. The Morgan fingerprint density at radius 3 is 2.67 bits per heavy atom. The Hall–Kier alpha value is -2.43. The van der Waals surface area contributed by atoms with Gasteiger partial charge in [-0.2, -0.15) is 0 Å². The van der Waals surface area contributed by atoms with Crippen LogP contribution in [0.5, 0.6) is 0 Å². The van der Waals surface area contributed by atoms with Crippen LogP contribution in [0.1, 0.15) is 12.0 Å². The molecule has 1 amide bonds. The normalized spacial score (nSPS) is 10.0. The zero-order chi connectivity index (χ0) is 12.8. The van der Waals surface area contributed by atoms with Crippen LogP contribution >= 0.6 is 0 Å². The highest BCUT2D eigenvalue weighted by Crippen LogP contribution is 2.07. The van der Waals surface area contributed by atoms with Crippen molar-refractivity contribution in [3.63, 3.8) is 0 Å². The van der Waals surface area contributed by atoms with Crippen LogP contribution in [0.15, 0.2) is 42.9 Å². The van der Waals surface area contributed by atoms with E-state index in [0.717, 1.165) is 5.56 Å². The van der Waals surface area contributed by atoms with Crippen LogP contribution in [-0.2, 0) is 11.2 Å². The number of nitrogen functional groups attached to an aromatic ring is 1. The maximum Gasteiger partial charge on any atom is 0.225 e. The summed E-state index contributed by atoms with van der Waals surface area (Å²) in [5.41, 5.74) is 7.17. The van der Waals surface area contributed by atoms with Crippen molar-refractivity contribution >= 4 is 17.4 Å². The van der Waals surface area contributed by atoms with Crippen LogP contribution in [0, 0.1) is 0 Å². The summed E-state index contributed by atoms with van der Waals surface area (Å²) in [6, 6.07) is 7.18. The van der Waals surface area contributed by atoms with Crippen molar-refractivity contribution in [3.05, 3.63) is 48.4 Å². The van der Waals surface area contributed by atoms with E-state index in [1.54, 1.807) is 24.5 Å². The SMILES string of the molecule is Nc1ccc(NC(=O)CCc2ccncc2)nc1. The van der Waals surface area contributed by atoms with Gasteiger partial charge < -0.3 is 11.1 Å². The van der Waals surface area contributed by atoms with Crippen molar-refractivity contribution < 1.29 is 4.79 Å². The Morgan fingerprint density at radius 1 is 1.22 bits per heavy atom. The Kier molecular flexibility index (Phi) is 3.86. The van der Waals surface area contributed by atoms with Gasteiger partial charge in [-0.3, -0.25) is 9.78 Å². The van der Waals surface area contributed by atoms with E-state index >= 15 is 0 Å². The standard InChI is InChI=1S/C13H14N4O/c14-11-2-3-12(16-9-11)17-13(18)4-1-10-5-7-15-8-6-10/h2-3,5-9H,1,4,14H2,(H,16,17,18). The van der Waals surface area contributed by atoms with Gasteiger partial charge in [-0.25, -0.2) is 4.98 Å². The van der Waals surface area contributed by atoms with E-state index in [-0.39, 0.29) is 5.91 Å². The van der Waals surface area contributed by atoms with Gasteiger partial charge in [0.05, 0.1) is 11.9 Å². The summed E-state index contributed by atoms with van der Waals surface area (Å²) in [4.78, 5) is 19.6. The van der Waals surface area contributed by atoms with Gasteiger partial charge in [0.25, 0.3) is 0 Å². The van der Waals surface area contributed by atoms with Crippen molar-refractivity contribution in [3.8, 4) is 0 Å². The summed E-state index contributed by atoms with van der Waals surface area (Å²) in [6.45, 7) is 0. The molecule has 5 heteroatoms. The molecule has 18 heavy (non-hydrogen) atoms. The summed E-state index contributed by atoms with van der Waals surface area (Å²) in [5.74, 6) is 0.452. The summed E-state index contributed by atoms with van der Waals surface area (Å²) >= 11 is 0. The number of nitrogens with zero attached hydrogens (tertiary/aromatic N) is 2. The maximum absolute atomic E-state index is 11.7. The summed E-state index contributed by atoms with van der Waals surface area (Å²) < 4.78 is 0. The third-order valence-electron chi connectivity index (χ3n) is 2.44. The minimum Gasteiger partial charge on any atom is -0.397 e. The second-order valence-corrected chi connectivity index (χ2v) is 3.88. The largest absolute Gasteiger partial charge is 0.397 e. The van der Waals surface area contributed by atoms with Gasteiger partial charge in [0, 0.05) is 18.8 Å². The predicted octanol–water partition coefficient (Wildman–Crippen LogP) is 1.63. The molecule has 0 bridgehead atoms. The van der Waals surface area contributed by atoms with Crippen molar-refractivity contribution in [1.82, 2.24) is 9.97 Å². The van der Waals surface area contributed by atoms with E-state index < -0.39 is 0 Å². The second-order valence-electron chi connectivity index (χ2n) is 3.88. The minimum absolute atomic E-state index is 0.0657. The van der Waals surface area contributed by atoms with Gasteiger partial charge >= 0.3 is 0 Å². The van der Waals surface area contributed by atoms with E-state index in [0.29, 0.717) is 24.3 Å². The zero-order valence-electron chi connectivity index (χ0n) is 9.84. The Morgan fingerprint density at radius 2 is 2.00 bits per heavy atom. The van der Waals surface area contributed by atoms with Crippen LogP contribution < -0.4 is 11.1 Å². The fourth-order valence-corrected chi connectivity index (χ4v) is 1.49. The molecule has 0 aliphatic rings. The van der Waals surface area contributed by atoms with Crippen LogP contribution in [0.25, 0.3) is 0 Å². The first-order valence-corrected chi connectivity index (χ1v) is 5.64. The first-order chi connectivity index (χ1) is 8.74. The molecule has 92 valence electrons. The van der Waals surface area contributed by atoms with Crippen molar-refractivity contribution in [1.29, 1.82) is 0 Å². The van der Waals surface area contributed by atoms with Gasteiger partial charge in [0.2, 0.25) is 5.91 Å². The Balaban J connectivity index is 1.84. The lowest BCUT2D eigenvalue weighted by Gasteiger charge is -2.04. The lowest BCUT2D eigenvalue weighted by Crippen LogP contribution is -2.13. The first kappa shape index (κ1) is 12.0. The van der Waals surface area contributed by atoms with Crippen LogP contribution in [0.2, 0.25) is 0 Å². The maximum atomic E-state index is 11.7. The lowest BCUT2D eigenvalue weighted by atomic mass is 10.1. The molecule has 0 atom stereocenters. The van der Waals surface area contributed by atoms with Crippen molar-refractivity contribution in [2.24, 2.45) is 0 Å². The molecule has 0 aliphatic carbocycles. The molecule has 0 spiro atoms. The monoisotopic (exact) mass is 242 g/mol. The first-order valence-electron chi connectivity index (χ1n) is 5.64. The molecular formula is C13H14N4O. The molecule has 0 saturated carbocycles. The van der Waals surface area contributed by atoms with Gasteiger partial charge in [-0.1, -0.05) is 0 Å². The van der Waals surface area contributed by atoms with Gasteiger partial charge in [0.1, 0.15) is 5.82 Å². The molecule has 3 N–H and O–H groups in total. The third kappa shape index (κ3) is 3.55. The molecule has 0 aromatic carbocycles. The van der Waals surface area contributed by atoms with E-state index in [2.05, 4.69) is 15.3 Å². The number of nitrogens with two attached hydrogens (primary N) is 1. The van der Waals surface area contributed by atoms with E-state index in [4.69, 9.17) is 5.73 Å². The fraction of sp³-hybridized carbons (Fsp3) is 0.154. The number of carbonyl (C=O) groups excluding carboxylic acids is 1. The quantitative estimate of drug-likeness (QED) is 0.853. The van der Waals surface area contributed by atoms with Crippen LogP contribution in [-0.4, -0.2) is 15.9 Å². The highest BCUT2D eigenvalue weighted by atomic mass is 16.1. The Labute approximate surface area is 105 Å². The molecule has 0 unspecified atom stereocenters. The molecule has 0 radical (unpaired) electrons. The van der Waals surface area contributed by atoms with E-state index in [1.165, 1.54) is 6.20 Å². The van der Waals surface area contributed by atoms with E-state index in [1.807, 2.05) is 12.1 Å². The van der Waals surface area contributed by atoms with Crippen LogP contribution in [0.4, 0.5) is 11.5 Å². The van der Waals surface area contributed by atoms with E-state index in [9.17, 15) is 4.79 Å². The molecule has 2 rings (SSSR count). The number of aromatic nitrogens is 2. The summed E-state index contributed by atoms with van der Waals surface area (Å²) in [7, 11) is 0. The average Bonchev–Trinajstić information content (AvgIpc) is 2.40. The highest BCUT2D eigenvalue weighted by molar-refractivity contribution is 5.89. The van der Waals surface area contributed by atoms with Crippen LogP contribution in [0.3, 0.4) is 0 Å². The third-order valence-corrected chi connectivity index (χ3v) is 2.44. The number of rotatable bonds is 4. The molecule has 5 nitrogen and oxygen atoms in total. The molecule has 0 fully saturated rings. The number of hydrogen-bond acceptors (Lipinski definition) is 4. The number of hydrogen-bond donors (Lipinski definition) is 2. The number of nitrogens with one attached hydrogen (secondary N) is 1.